The van der Waals surface area contributed by atoms with Crippen molar-refractivity contribution >= 4 is 5.69 Å². The first kappa shape index (κ1) is 9.32. The number of allylic oxidation sites excluding steroid dienone is 1. The molecule has 1 heteroatoms. The number of hydrogen-bond donors (Lipinski definition) is 1. The molecular weight excluding hydrogens is 170 g/mol. The van der Waals surface area contributed by atoms with Gasteiger partial charge in [0, 0.05) is 11.9 Å². The molecule has 0 saturated heterocycles. The van der Waals surface area contributed by atoms with Gasteiger partial charge in [0.1, 0.15) is 0 Å². The fraction of sp³-hybridized carbons (Fsp3) is 0.385. The van der Waals surface area contributed by atoms with Crippen LogP contribution in [0.3, 0.4) is 0 Å². The lowest BCUT2D eigenvalue weighted by Crippen LogP contribution is -1.97. The van der Waals surface area contributed by atoms with Gasteiger partial charge < -0.3 is 5.32 Å². The third-order valence-electron chi connectivity index (χ3n) is 2.71. The van der Waals surface area contributed by atoms with Gasteiger partial charge in [0.15, 0.2) is 0 Å². The standard InChI is InChI=1S/C13H17N/c1-3-7-12(8-4-1)11-14-13-9-5-2-6-10-13/h2,5-6,9-11,14H,1,3-4,7-8H2. The van der Waals surface area contributed by atoms with Crippen LogP contribution in [0.25, 0.3) is 0 Å². The minimum Gasteiger partial charge on any atom is -0.362 e. The molecule has 0 unspecified atom stereocenters. The molecule has 0 atom stereocenters. The number of rotatable bonds is 2. The van der Waals surface area contributed by atoms with Crippen LogP contribution in [0.4, 0.5) is 5.69 Å². The van der Waals surface area contributed by atoms with Gasteiger partial charge in [-0.1, -0.05) is 30.2 Å². The Balaban J connectivity index is 1.92. The van der Waals surface area contributed by atoms with Gasteiger partial charge in [-0.3, -0.25) is 0 Å². The first-order valence-electron chi connectivity index (χ1n) is 5.45. The van der Waals surface area contributed by atoms with E-state index in [2.05, 4.69) is 35.8 Å². The highest BCUT2D eigenvalue weighted by Gasteiger charge is 2.03. The van der Waals surface area contributed by atoms with Crippen molar-refractivity contribution in [2.45, 2.75) is 32.1 Å². The number of para-hydroxylation sites is 1. The summed E-state index contributed by atoms with van der Waals surface area (Å²) in [6, 6.07) is 10.3. The Labute approximate surface area is 85.8 Å². The van der Waals surface area contributed by atoms with E-state index in [1.807, 2.05) is 6.07 Å². The second-order valence-electron chi connectivity index (χ2n) is 3.87. The summed E-state index contributed by atoms with van der Waals surface area (Å²) < 4.78 is 0. The van der Waals surface area contributed by atoms with Gasteiger partial charge in [-0.2, -0.15) is 0 Å². The van der Waals surface area contributed by atoms with Crippen LogP contribution in [-0.4, -0.2) is 0 Å². The monoisotopic (exact) mass is 187 g/mol. The maximum atomic E-state index is 3.35. The van der Waals surface area contributed by atoms with Crippen molar-refractivity contribution in [1.82, 2.24) is 0 Å². The highest BCUT2D eigenvalue weighted by Crippen LogP contribution is 2.22. The molecule has 1 saturated carbocycles. The van der Waals surface area contributed by atoms with Gasteiger partial charge in [0.25, 0.3) is 0 Å². The second kappa shape index (κ2) is 4.85. The summed E-state index contributed by atoms with van der Waals surface area (Å²) in [4.78, 5) is 0. The van der Waals surface area contributed by atoms with Crippen molar-refractivity contribution in [3.63, 3.8) is 0 Å². The van der Waals surface area contributed by atoms with Crippen LogP contribution < -0.4 is 5.32 Å². The van der Waals surface area contributed by atoms with E-state index in [0.29, 0.717) is 0 Å². The Hall–Kier alpha value is -1.24. The maximum Gasteiger partial charge on any atom is 0.0379 e. The molecule has 1 aliphatic rings. The molecule has 14 heavy (non-hydrogen) atoms. The zero-order valence-corrected chi connectivity index (χ0v) is 8.50. The van der Waals surface area contributed by atoms with Gasteiger partial charge in [-0.25, -0.2) is 0 Å². The van der Waals surface area contributed by atoms with Crippen molar-refractivity contribution < 1.29 is 0 Å². The van der Waals surface area contributed by atoms with Crippen LogP contribution in [0, 0.1) is 0 Å². The minimum atomic E-state index is 1.19. The van der Waals surface area contributed by atoms with Crippen LogP contribution >= 0.6 is 0 Å². The number of benzene rings is 1. The summed E-state index contributed by atoms with van der Waals surface area (Å²) in [7, 11) is 0. The Bertz CT molecular complexity index is 292. The first-order valence-corrected chi connectivity index (χ1v) is 5.45. The third-order valence-corrected chi connectivity index (χ3v) is 2.71. The number of nitrogens with one attached hydrogen (secondary N) is 1. The fourth-order valence-corrected chi connectivity index (χ4v) is 1.87. The highest BCUT2D eigenvalue weighted by atomic mass is 14.8. The van der Waals surface area contributed by atoms with E-state index in [-0.39, 0.29) is 0 Å². The Kier molecular flexibility index (Phi) is 3.23. The summed E-state index contributed by atoms with van der Waals surface area (Å²) in [5.41, 5.74) is 2.76. The molecule has 1 aromatic carbocycles. The SMILES string of the molecule is C(Nc1ccccc1)=C1CCCCC1. The first-order chi connectivity index (χ1) is 6.95. The van der Waals surface area contributed by atoms with Crippen molar-refractivity contribution in [1.29, 1.82) is 0 Å². The lowest BCUT2D eigenvalue weighted by molar-refractivity contribution is 0.598. The molecule has 0 radical (unpaired) electrons. The largest absolute Gasteiger partial charge is 0.362 e. The summed E-state index contributed by atoms with van der Waals surface area (Å²) in [5, 5.41) is 3.35. The maximum absolute atomic E-state index is 3.35. The van der Waals surface area contributed by atoms with E-state index in [1.54, 1.807) is 5.57 Å². The van der Waals surface area contributed by atoms with Gasteiger partial charge in [-0.15, -0.1) is 0 Å². The van der Waals surface area contributed by atoms with E-state index in [4.69, 9.17) is 0 Å². The molecule has 0 spiro atoms. The van der Waals surface area contributed by atoms with E-state index in [9.17, 15) is 0 Å². The molecule has 1 aromatic rings. The van der Waals surface area contributed by atoms with E-state index < -0.39 is 0 Å². The van der Waals surface area contributed by atoms with Crippen LogP contribution in [0.2, 0.25) is 0 Å². The van der Waals surface area contributed by atoms with Crippen molar-refractivity contribution in [3.05, 3.63) is 42.1 Å². The van der Waals surface area contributed by atoms with Crippen LogP contribution in [0.15, 0.2) is 42.1 Å². The second-order valence-corrected chi connectivity index (χ2v) is 3.87. The van der Waals surface area contributed by atoms with Crippen molar-refractivity contribution in [2.75, 3.05) is 5.32 Å². The quantitative estimate of drug-likeness (QED) is 0.739. The lowest BCUT2D eigenvalue weighted by atomic mass is 9.96. The summed E-state index contributed by atoms with van der Waals surface area (Å²) in [5.74, 6) is 0. The fourth-order valence-electron chi connectivity index (χ4n) is 1.87. The third kappa shape index (κ3) is 2.63. The van der Waals surface area contributed by atoms with E-state index >= 15 is 0 Å². The van der Waals surface area contributed by atoms with Gasteiger partial charge >= 0.3 is 0 Å². The van der Waals surface area contributed by atoms with Crippen LogP contribution in [-0.2, 0) is 0 Å². The summed E-state index contributed by atoms with van der Waals surface area (Å²) in [6.45, 7) is 0. The molecule has 1 aliphatic carbocycles. The molecule has 0 bridgehead atoms. The Morgan fingerprint density at radius 3 is 2.36 bits per heavy atom. The highest BCUT2D eigenvalue weighted by molar-refractivity contribution is 5.45. The van der Waals surface area contributed by atoms with Crippen LogP contribution in [0.5, 0.6) is 0 Å². The molecule has 1 N–H and O–H groups in total. The van der Waals surface area contributed by atoms with Crippen molar-refractivity contribution in [3.8, 4) is 0 Å². The van der Waals surface area contributed by atoms with Crippen molar-refractivity contribution in [2.24, 2.45) is 0 Å². The molecule has 0 aromatic heterocycles. The minimum absolute atomic E-state index is 1.19. The van der Waals surface area contributed by atoms with Gasteiger partial charge in [0.2, 0.25) is 0 Å². The molecule has 0 amide bonds. The normalized spacial score (nSPS) is 16.4. The molecule has 2 rings (SSSR count). The topological polar surface area (TPSA) is 12.0 Å². The van der Waals surface area contributed by atoms with Gasteiger partial charge in [0.05, 0.1) is 0 Å². The summed E-state index contributed by atoms with van der Waals surface area (Å²) >= 11 is 0. The van der Waals surface area contributed by atoms with E-state index in [0.717, 1.165) is 0 Å². The zero-order chi connectivity index (χ0) is 9.64. The predicted molar refractivity (Wildman–Crippen MR) is 61.2 cm³/mol. The molecule has 0 heterocycles. The predicted octanol–water partition coefficient (Wildman–Crippen LogP) is 3.95. The molecule has 74 valence electrons. The number of hydrogen-bond acceptors (Lipinski definition) is 1. The number of anilines is 1. The molecule has 1 fully saturated rings. The Morgan fingerprint density at radius 2 is 1.64 bits per heavy atom. The average molecular weight is 187 g/mol. The molecule has 0 aliphatic heterocycles. The van der Waals surface area contributed by atoms with Gasteiger partial charge in [-0.05, 0) is 37.8 Å². The zero-order valence-electron chi connectivity index (χ0n) is 8.50. The van der Waals surface area contributed by atoms with Crippen LogP contribution in [0.1, 0.15) is 32.1 Å². The molecular formula is C13H17N. The van der Waals surface area contributed by atoms with E-state index in [1.165, 1.54) is 37.8 Å². The average Bonchev–Trinajstić information content (AvgIpc) is 2.29. The smallest absolute Gasteiger partial charge is 0.0379 e. The molecule has 1 nitrogen and oxygen atoms in total. The summed E-state index contributed by atoms with van der Waals surface area (Å²) in [6.07, 6.45) is 8.88. The Morgan fingerprint density at radius 1 is 0.929 bits per heavy atom. The lowest BCUT2D eigenvalue weighted by Gasteiger charge is -2.13.